The van der Waals surface area contributed by atoms with E-state index in [0.29, 0.717) is 12.0 Å². The van der Waals surface area contributed by atoms with Gasteiger partial charge in [-0.3, -0.25) is 14.0 Å². The van der Waals surface area contributed by atoms with Crippen molar-refractivity contribution in [2.75, 3.05) is 41.6 Å². The van der Waals surface area contributed by atoms with Crippen molar-refractivity contribution in [1.29, 1.82) is 0 Å². The lowest BCUT2D eigenvalue weighted by Gasteiger charge is -2.46. The van der Waals surface area contributed by atoms with Gasteiger partial charge in [0.1, 0.15) is 30.5 Å². The number of carbonyl (C=O) groups excluding carboxylic acids is 2. The van der Waals surface area contributed by atoms with Crippen molar-refractivity contribution in [3.05, 3.63) is 23.8 Å². The number of hydrogen-bond donors (Lipinski definition) is 4. The van der Waals surface area contributed by atoms with Gasteiger partial charge in [0.25, 0.3) is 0 Å². The number of halogens is 1. The molecule has 0 amide bonds. The molecular formula is C39H66FNO13. The van der Waals surface area contributed by atoms with Crippen LogP contribution < -0.4 is 0 Å². The van der Waals surface area contributed by atoms with Gasteiger partial charge < -0.3 is 58.5 Å². The molecule has 14 nitrogen and oxygen atoms in total. The Balaban J connectivity index is 1.96. The number of hydrogen-bond acceptors (Lipinski definition) is 14. The Hall–Kier alpha value is -1.89. The van der Waals surface area contributed by atoms with Crippen molar-refractivity contribution in [1.82, 2.24) is 4.90 Å². The van der Waals surface area contributed by atoms with Crippen LogP contribution in [0.15, 0.2) is 23.8 Å². The Morgan fingerprint density at radius 2 is 1.52 bits per heavy atom. The lowest BCUT2D eigenvalue weighted by Crippen LogP contribution is -2.63. The first-order valence-corrected chi connectivity index (χ1v) is 19.2. The van der Waals surface area contributed by atoms with Crippen molar-refractivity contribution >= 4 is 11.8 Å². The molecule has 15 heteroatoms. The number of ether oxygens (including phenoxy) is 7. The number of nitrogens with zero attached hydrogens (tertiary/aromatic N) is 1. The second-order valence-corrected chi connectivity index (χ2v) is 15.4. The molecule has 3 aliphatic rings. The smallest absolute Gasteiger partial charge is 0.308 e. The largest absolute Gasteiger partial charge is 0.462 e. The minimum atomic E-state index is -1.32. The van der Waals surface area contributed by atoms with Crippen LogP contribution in [-0.4, -0.2) is 158 Å². The summed E-state index contributed by atoms with van der Waals surface area (Å²) in [4.78, 5) is 28.7. The summed E-state index contributed by atoms with van der Waals surface area (Å²) >= 11 is 0. The second-order valence-electron chi connectivity index (χ2n) is 15.4. The van der Waals surface area contributed by atoms with Crippen molar-refractivity contribution in [2.45, 2.75) is 147 Å². The quantitative estimate of drug-likeness (QED) is 0.225. The molecule has 2 saturated heterocycles. The van der Waals surface area contributed by atoms with Crippen LogP contribution in [0.4, 0.5) is 4.39 Å². The van der Waals surface area contributed by atoms with E-state index < -0.39 is 122 Å². The zero-order valence-corrected chi connectivity index (χ0v) is 33.6. The van der Waals surface area contributed by atoms with Gasteiger partial charge in [-0.05, 0) is 66.1 Å². The van der Waals surface area contributed by atoms with E-state index >= 15 is 0 Å². The molecule has 3 aliphatic heterocycles. The average molecular weight is 776 g/mol. The Bertz CT molecular complexity index is 1240. The third kappa shape index (κ3) is 11.8. The SMILES string of the molecule is CC[C@H]1OC(=O)C[C@@H](O)[C@H](C)[C@@H](O[C@@H]2O[C@H](C)[C@@H](O)[C@H](N(C)C)[C@H]2O)[C@@H](CCF)C[C@@H](C)C(=O)/C=C/C(C)=C/[C@@H]1CO[C@@H]1O[C@H](C)[C@@H](O)[C@@H](OC)[C@H]1OC. The number of allylic oxidation sites excluding steroid dienone is 3. The van der Waals surface area contributed by atoms with Crippen LogP contribution in [0.2, 0.25) is 0 Å². The minimum Gasteiger partial charge on any atom is -0.462 e. The van der Waals surface area contributed by atoms with Crippen LogP contribution in [0.5, 0.6) is 0 Å². The predicted molar refractivity (Wildman–Crippen MR) is 196 cm³/mol. The van der Waals surface area contributed by atoms with Gasteiger partial charge in [-0.1, -0.05) is 38.5 Å². The molecule has 4 N–H and O–H groups in total. The van der Waals surface area contributed by atoms with Gasteiger partial charge in [0.15, 0.2) is 18.4 Å². The van der Waals surface area contributed by atoms with E-state index in [0.717, 1.165) is 0 Å². The number of likely N-dealkylation sites (N-methyl/N-ethyl adjacent to an activating group) is 1. The van der Waals surface area contributed by atoms with Crippen LogP contribution in [-0.2, 0) is 42.7 Å². The normalized spacial score (nSPS) is 43.7. The minimum absolute atomic E-state index is 0.00957. The first-order valence-electron chi connectivity index (χ1n) is 19.2. The fourth-order valence-electron chi connectivity index (χ4n) is 7.83. The van der Waals surface area contributed by atoms with Gasteiger partial charge in [-0.15, -0.1) is 0 Å². The lowest BCUT2D eigenvalue weighted by atomic mass is 9.79. The van der Waals surface area contributed by atoms with Crippen molar-refractivity contribution in [2.24, 2.45) is 23.7 Å². The molecule has 0 radical (unpaired) electrons. The second kappa shape index (κ2) is 21.6. The fraction of sp³-hybridized carbons (Fsp3) is 0.846. The maximum absolute atomic E-state index is 14.2. The molecule has 3 rings (SSSR count). The molecule has 2 fully saturated rings. The van der Waals surface area contributed by atoms with Crippen molar-refractivity contribution < 1.29 is 67.6 Å². The third-order valence-electron chi connectivity index (χ3n) is 11.2. The fourth-order valence-corrected chi connectivity index (χ4v) is 7.83. The van der Waals surface area contributed by atoms with Crippen molar-refractivity contribution in [3.8, 4) is 0 Å². The molecule has 0 bridgehead atoms. The Morgan fingerprint density at radius 3 is 2.11 bits per heavy atom. The highest BCUT2D eigenvalue weighted by atomic mass is 19.1. The summed E-state index contributed by atoms with van der Waals surface area (Å²) in [6.07, 6.45) is -6.15. The number of methoxy groups -OCH3 is 2. The van der Waals surface area contributed by atoms with Crippen LogP contribution in [0.25, 0.3) is 0 Å². The van der Waals surface area contributed by atoms with E-state index in [1.165, 1.54) is 20.3 Å². The Morgan fingerprint density at radius 1 is 0.889 bits per heavy atom. The summed E-state index contributed by atoms with van der Waals surface area (Å²) in [6, 6.07) is -0.744. The molecule has 0 spiro atoms. The van der Waals surface area contributed by atoms with E-state index in [1.54, 1.807) is 52.8 Å². The van der Waals surface area contributed by atoms with Crippen molar-refractivity contribution in [3.63, 3.8) is 0 Å². The molecule has 0 unspecified atom stereocenters. The molecule has 17 atom stereocenters. The molecule has 54 heavy (non-hydrogen) atoms. The van der Waals surface area contributed by atoms with E-state index in [1.807, 2.05) is 19.9 Å². The Labute approximate surface area is 319 Å². The predicted octanol–water partition coefficient (Wildman–Crippen LogP) is 2.33. The number of rotatable bonds is 11. The zero-order chi connectivity index (χ0) is 40.4. The standard InChI is InChI=1S/C39H66FNO13/c1-11-29-26(19-50-39-37(49-10)36(48-9)33(46)24(6)52-39)16-20(2)12-13-27(42)21(3)17-25(14-15-40)35(22(4)28(43)18-30(44)53-29)54-38-34(47)31(41(7)8)32(45)23(5)51-38/h12-13,16,21-26,28-29,31-39,43,45-47H,11,14-15,17-19H2,1-10H3/b13-12+,20-16+/t21-,22+,23-,24-,25+,26-,28-,29-,31+,32-,33-,34-,35-,36-,37-,38+,39-/m1/s1. The lowest BCUT2D eigenvalue weighted by molar-refractivity contribution is -0.304. The van der Waals surface area contributed by atoms with Gasteiger partial charge in [0.05, 0.1) is 56.3 Å². The molecule has 0 aliphatic carbocycles. The molecular weight excluding hydrogens is 709 g/mol. The van der Waals surface area contributed by atoms with Gasteiger partial charge in [-0.25, -0.2) is 0 Å². The highest BCUT2D eigenvalue weighted by molar-refractivity contribution is 5.91. The summed E-state index contributed by atoms with van der Waals surface area (Å²) in [5.74, 6) is -3.41. The summed E-state index contributed by atoms with van der Waals surface area (Å²) in [7, 11) is 6.35. The Kier molecular flexibility index (Phi) is 18.6. The van der Waals surface area contributed by atoms with Crippen LogP contribution in [0.3, 0.4) is 0 Å². The first kappa shape index (κ1) is 46.5. The molecule has 312 valence electrons. The molecule has 0 aromatic rings. The summed E-state index contributed by atoms with van der Waals surface area (Å²) < 4.78 is 55.8. The average Bonchev–Trinajstić information content (AvgIpc) is 3.12. The van der Waals surface area contributed by atoms with Crippen LogP contribution >= 0.6 is 0 Å². The maximum Gasteiger partial charge on any atom is 0.308 e. The van der Waals surface area contributed by atoms with Gasteiger partial charge in [0, 0.05) is 32.0 Å². The number of cyclic esters (lactones) is 1. The number of esters is 1. The number of carbonyl (C=O) groups is 2. The van der Waals surface area contributed by atoms with Crippen LogP contribution in [0, 0.1) is 23.7 Å². The van der Waals surface area contributed by atoms with E-state index in [2.05, 4.69) is 0 Å². The third-order valence-corrected chi connectivity index (χ3v) is 11.2. The van der Waals surface area contributed by atoms with Gasteiger partial charge in [-0.2, -0.15) is 0 Å². The first-order chi connectivity index (χ1) is 25.5. The summed E-state index contributed by atoms with van der Waals surface area (Å²) in [5.41, 5.74) is 0.697. The monoisotopic (exact) mass is 775 g/mol. The number of aliphatic hydroxyl groups excluding tert-OH is 4. The van der Waals surface area contributed by atoms with Gasteiger partial charge >= 0.3 is 5.97 Å². The van der Waals surface area contributed by atoms with E-state index in [4.69, 9.17) is 33.2 Å². The molecule has 0 saturated carbocycles. The number of ketones is 1. The number of alkyl halides is 1. The topological polar surface area (TPSA) is 183 Å². The maximum atomic E-state index is 14.2. The molecule has 0 aromatic heterocycles. The summed E-state index contributed by atoms with van der Waals surface area (Å²) in [6.45, 7) is 9.70. The van der Waals surface area contributed by atoms with Crippen LogP contribution in [0.1, 0.15) is 67.2 Å². The van der Waals surface area contributed by atoms with E-state index in [9.17, 15) is 34.4 Å². The van der Waals surface area contributed by atoms with Gasteiger partial charge in [0.2, 0.25) is 0 Å². The van der Waals surface area contributed by atoms with E-state index in [-0.39, 0.29) is 25.2 Å². The molecule has 0 aromatic carbocycles. The number of aliphatic hydroxyl groups is 4. The zero-order valence-electron chi connectivity index (χ0n) is 33.6. The summed E-state index contributed by atoms with van der Waals surface area (Å²) in [5, 5.41) is 44.2. The molecule has 3 heterocycles. The highest BCUT2D eigenvalue weighted by Crippen LogP contribution is 2.35. The highest BCUT2D eigenvalue weighted by Gasteiger charge is 2.48.